The summed E-state index contributed by atoms with van der Waals surface area (Å²) in [7, 11) is 1.34. The zero-order chi connectivity index (χ0) is 9.84. The predicted octanol–water partition coefficient (Wildman–Crippen LogP) is -0.610. The van der Waals surface area contributed by atoms with Gasteiger partial charge in [-0.3, -0.25) is 0 Å². The molecule has 0 radical (unpaired) electrons. The molecule has 1 saturated heterocycles. The molecule has 0 aromatic heterocycles. The van der Waals surface area contributed by atoms with Crippen molar-refractivity contribution in [2.75, 3.05) is 13.7 Å². The number of hydrogen-bond donors (Lipinski definition) is 2. The van der Waals surface area contributed by atoms with Crippen molar-refractivity contribution in [3.05, 3.63) is 10.4 Å². The maximum Gasteiger partial charge on any atom is 0.165 e. The Bertz CT molecular complexity index is 218. The van der Waals surface area contributed by atoms with Gasteiger partial charge in [0.15, 0.2) is 6.23 Å². The number of methoxy groups -OCH3 is 1. The molecule has 0 bridgehead atoms. The van der Waals surface area contributed by atoms with Crippen molar-refractivity contribution in [3.8, 4) is 0 Å². The summed E-state index contributed by atoms with van der Waals surface area (Å²) in [6.45, 7) is -0.0648. The molecule has 1 aliphatic rings. The lowest BCUT2D eigenvalue weighted by Crippen LogP contribution is -2.52. The van der Waals surface area contributed by atoms with Crippen LogP contribution in [0.2, 0.25) is 0 Å². The molecule has 0 aliphatic carbocycles. The molecule has 1 fully saturated rings. The van der Waals surface area contributed by atoms with Crippen LogP contribution in [0.25, 0.3) is 10.4 Å². The molecule has 2 N–H and O–H groups in total. The summed E-state index contributed by atoms with van der Waals surface area (Å²) in [5.74, 6) is 0. The van der Waals surface area contributed by atoms with Gasteiger partial charge >= 0.3 is 0 Å². The normalized spacial score (nSPS) is 39.6. The first-order valence-electron chi connectivity index (χ1n) is 3.75. The number of azide groups is 1. The summed E-state index contributed by atoms with van der Waals surface area (Å²) >= 11 is 0. The topological polar surface area (TPSA) is 108 Å². The van der Waals surface area contributed by atoms with Crippen molar-refractivity contribution >= 4 is 0 Å². The third-order valence-electron chi connectivity index (χ3n) is 1.89. The van der Waals surface area contributed by atoms with Crippen molar-refractivity contribution < 1.29 is 19.7 Å². The van der Waals surface area contributed by atoms with Crippen molar-refractivity contribution in [2.24, 2.45) is 5.11 Å². The molecule has 7 nitrogen and oxygen atoms in total. The minimum absolute atomic E-state index is 0.0648. The summed E-state index contributed by atoms with van der Waals surface area (Å²) in [4.78, 5) is 2.54. The highest BCUT2D eigenvalue weighted by atomic mass is 16.6. The average molecular weight is 189 g/mol. The highest BCUT2D eigenvalue weighted by Crippen LogP contribution is 2.18. The van der Waals surface area contributed by atoms with Crippen molar-refractivity contribution in [1.82, 2.24) is 0 Å². The number of nitrogens with zero attached hydrogens (tertiary/aromatic N) is 3. The van der Waals surface area contributed by atoms with E-state index in [9.17, 15) is 10.2 Å². The van der Waals surface area contributed by atoms with Crippen LogP contribution >= 0.6 is 0 Å². The van der Waals surface area contributed by atoms with Gasteiger partial charge in [0, 0.05) is 12.0 Å². The third kappa shape index (κ3) is 2.09. The van der Waals surface area contributed by atoms with Crippen LogP contribution in [0, 0.1) is 0 Å². The van der Waals surface area contributed by atoms with Gasteiger partial charge in [-0.05, 0) is 5.53 Å². The van der Waals surface area contributed by atoms with Crippen LogP contribution in [0.1, 0.15) is 0 Å². The second-order valence-corrected chi connectivity index (χ2v) is 2.69. The summed E-state index contributed by atoms with van der Waals surface area (Å²) in [5.41, 5.74) is 8.16. The predicted molar refractivity (Wildman–Crippen MR) is 41.7 cm³/mol. The van der Waals surface area contributed by atoms with Gasteiger partial charge in [0.2, 0.25) is 0 Å². The number of rotatable bonds is 2. The second-order valence-electron chi connectivity index (χ2n) is 2.69. The number of ether oxygens (including phenoxy) is 2. The monoisotopic (exact) mass is 189 g/mol. The van der Waals surface area contributed by atoms with Crippen molar-refractivity contribution in [3.63, 3.8) is 0 Å². The van der Waals surface area contributed by atoms with Crippen molar-refractivity contribution in [1.29, 1.82) is 0 Å². The Morgan fingerprint density at radius 2 is 2.31 bits per heavy atom. The lowest BCUT2D eigenvalue weighted by Gasteiger charge is -2.34. The van der Waals surface area contributed by atoms with Gasteiger partial charge in [-0.2, -0.15) is 0 Å². The van der Waals surface area contributed by atoms with Gasteiger partial charge in [-0.15, -0.1) is 0 Å². The zero-order valence-electron chi connectivity index (χ0n) is 7.07. The van der Waals surface area contributed by atoms with E-state index in [1.807, 2.05) is 0 Å². The van der Waals surface area contributed by atoms with Crippen LogP contribution < -0.4 is 0 Å². The molecule has 4 atom stereocenters. The Hall–Kier alpha value is -0.850. The van der Waals surface area contributed by atoms with Gasteiger partial charge in [-0.1, -0.05) is 5.11 Å². The highest BCUT2D eigenvalue weighted by Gasteiger charge is 2.38. The maximum absolute atomic E-state index is 9.40. The fourth-order valence-corrected chi connectivity index (χ4v) is 1.18. The Morgan fingerprint density at radius 3 is 2.85 bits per heavy atom. The molecule has 74 valence electrons. The van der Waals surface area contributed by atoms with E-state index in [-0.39, 0.29) is 6.61 Å². The largest absolute Gasteiger partial charge is 0.388 e. The molecular formula is C6H11N3O4. The molecule has 1 heterocycles. The van der Waals surface area contributed by atoms with Crippen LogP contribution in [0.5, 0.6) is 0 Å². The molecule has 0 aromatic rings. The summed E-state index contributed by atoms with van der Waals surface area (Å²) < 4.78 is 9.79. The first-order valence-corrected chi connectivity index (χ1v) is 3.75. The highest BCUT2D eigenvalue weighted by molar-refractivity contribution is 4.86. The van der Waals surface area contributed by atoms with Crippen LogP contribution in [0.15, 0.2) is 5.11 Å². The van der Waals surface area contributed by atoms with E-state index in [2.05, 4.69) is 10.0 Å². The summed E-state index contributed by atoms with van der Waals surface area (Å²) in [6, 6.07) is 0. The quantitative estimate of drug-likeness (QED) is 0.343. The molecule has 1 aliphatic heterocycles. The Morgan fingerprint density at radius 1 is 1.62 bits per heavy atom. The third-order valence-corrected chi connectivity index (χ3v) is 1.89. The maximum atomic E-state index is 9.40. The second kappa shape index (κ2) is 4.40. The van der Waals surface area contributed by atoms with Crippen LogP contribution in [0.3, 0.4) is 0 Å². The SMILES string of the molecule is CO[C@@H]1[C@@H](O)[C@@H](O)CO[C@H]1N=[N+]=[N-]. The first-order chi connectivity index (χ1) is 6.20. The lowest BCUT2D eigenvalue weighted by atomic mass is 10.0. The van der Waals surface area contributed by atoms with Gasteiger partial charge in [0.25, 0.3) is 0 Å². The Labute approximate surface area is 74.5 Å². The standard InChI is InChI=1S/C6H11N3O4/c1-12-5-4(11)3(10)2-13-6(5)8-9-7/h3-6,10-11H,2H2,1H3/t3-,4-,5+,6+/m0/s1. The fraction of sp³-hybridized carbons (Fsp3) is 1.00. The minimum Gasteiger partial charge on any atom is -0.388 e. The number of aliphatic hydroxyl groups is 2. The van der Waals surface area contributed by atoms with Gasteiger partial charge in [-0.25, -0.2) is 0 Å². The van der Waals surface area contributed by atoms with Crippen LogP contribution in [0.4, 0.5) is 0 Å². The van der Waals surface area contributed by atoms with E-state index < -0.39 is 24.5 Å². The molecule has 0 unspecified atom stereocenters. The van der Waals surface area contributed by atoms with E-state index in [4.69, 9.17) is 15.0 Å². The molecule has 0 spiro atoms. The van der Waals surface area contributed by atoms with Gasteiger partial charge in [0.1, 0.15) is 18.3 Å². The molecule has 0 aromatic carbocycles. The first kappa shape index (κ1) is 10.2. The lowest BCUT2D eigenvalue weighted by molar-refractivity contribution is -0.193. The molecular weight excluding hydrogens is 178 g/mol. The van der Waals surface area contributed by atoms with Crippen molar-refractivity contribution in [2.45, 2.75) is 24.5 Å². The van der Waals surface area contributed by atoms with Crippen LogP contribution in [-0.4, -0.2) is 48.5 Å². The molecule has 13 heavy (non-hydrogen) atoms. The Balaban J connectivity index is 2.71. The van der Waals surface area contributed by atoms with E-state index in [0.29, 0.717) is 0 Å². The summed E-state index contributed by atoms with van der Waals surface area (Å²) in [5, 5.41) is 21.9. The van der Waals surface area contributed by atoms with E-state index in [1.54, 1.807) is 0 Å². The Kier molecular flexibility index (Phi) is 3.47. The minimum atomic E-state index is -1.09. The molecule has 0 amide bonds. The molecule has 7 heteroatoms. The van der Waals surface area contributed by atoms with Gasteiger partial charge < -0.3 is 19.7 Å². The van der Waals surface area contributed by atoms with E-state index in [0.717, 1.165) is 0 Å². The fourth-order valence-electron chi connectivity index (χ4n) is 1.18. The zero-order valence-corrected chi connectivity index (χ0v) is 7.07. The molecule has 0 saturated carbocycles. The van der Waals surface area contributed by atoms with E-state index in [1.165, 1.54) is 7.11 Å². The number of aliphatic hydroxyl groups excluding tert-OH is 2. The van der Waals surface area contributed by atoms with E-state index >= 15 is 0 Å². The average Bonchev–Trinajstić information content (AvgIpc) is 2.12. The van der Waals surface area contributed by atoms with Crippen LogP contribution in [-0.2, 0) is 9.47 Å². The summed E-state index contributed by atoms with van der Waals surface area (Å²) in [6.07, 6.45) is -3.79. The van der Waals surface area contributed by atoms with Gasteiger partial charge in [0.05, 0.1) is 6.61 Å². The number of hydrogen-bond acceptors (Lipinski definition) is 5. The molecule has 1 rings (SSSR count). The smallest absolute Gasteiger partial charge is 0.165 e.